The van der Waals surface area contributed by atoms with Crippen molar-refractivity contribution in [2.24, 2.45) is 0 Å². The smallest absolute Gasteiger partial charge is 0.352 e. The van der Waals surface area contributed by atoms with Gasteiger partial charge in [-0.1, -0.05) is 6.07 Å². The lowest BCUT2D eigenvalue weighted by Gasteiger charge is -2.30. The van der Waals surface area contributed by atoms with Gasteiger partial charge in [-0.25, -0.2) is 9.37 Å². The molecule has 2 aromatic heterocycles. The predicted octanol–water partition coefficient (Wildman–Crippen LogP) is 2.84. The van der Waals surface area contributed by atoms with E-state index in [0.29, 0.717) is 19.5 Å². The van der Waals surface area contributed by atoms with Gasteiger partial charge >= 0.3 is 6.18 Å². The van der Waals surface area contributed by atoms with Crippen LogP contribution < -0.4 is 4.90 Å². The molecule has 0 spiro atoms. The molecular weight excluding hydrogens is 326 g/mol. The van der Waals surface area contributed by atoms with Gasteiger partial charge in [-0.2, -0.15) is 27.8 Å². The van der Waals surface area contributed by atoms with Crippen LogP contribution in [0.4, 0.5) is 23.4 Å². The van der Waals surface area contributed by atoms with Crippen molar-refractivity contribution < 1.29 is 17.6 Å². The van der Waals surface area contributed by atoms with Crippen LogP contribution in [0.1, 0.15) is 16.8 Å². The molecule has 0 fully saturated rings. The van der Waals surface area contributed by atoms with Gasteiger partial charge in [0.2, 0.25) is 0 Å². The summed E-state index contributed by atoms with van der Waals surface area (Å²) in [4.78, 5) is 9.04. The van der Waals surface area contributed by atoms with Crippen molar-refractivity contribution in [2.75, 3.05) is 11.4 Å². The second-order valence-electron chi connectivity index (χ2n) is 5.55. The molecule has 0 amide bonds. The number of aromatic nitrogens is 4. The minimum Gasteiger partial charge on any atom is -0.352 e. The molecule has 0 bridgehead atoms. The van der Waals surface area contributed by atoms with Crippen LogP contribution in [0.5, 0.6) is 0 Å². The predicted molar refractivity (Wildman–Crippen MR) is 76.9 cm³/mol. The summed E-state index contributed by atoms with van der Waals surface area (Å²) in [5.41, 5.74) is 0.732. The number of hydrogen-bond acceptors (Lipinski definition) is 4. The van der Waals surface area contributed by atoms with E-state index in [2.05, 4.69) is 15.1 Å². The van der Waals surface area contributed by atoms with Crippen molar-refractivity contribution in [1.82, 2.24) is 19.6 Å². The standard InChI is InChI=1S/C15H11F4N5/c16-11-2-1-10-7-23(4-3-9(10)5-11)13-6-12(15(17,18)19)22-14-20-8-21-24(13)14/h1-2,5-6,8H,3-4,7H2. The highest BCUT2D eigenvalue weighted by atomic mass is 19.4. The number of anilines is 1. The Bertz CT molecular complexity index is 918. The van der Waals surface area contributed by atoms with Crippen molar-refractivity contribution in [1.29, 1.82) is 0 Å². The van der Waals surface area contributed by atoms with Crippen LogP contribution in [0.15, 0.2) is 30.6 Å². The van der Waals surface area contributed by atoms with Crippen molar-refractivity contribution in [2.45, 2.75) is 19.1 Å². The summed E-state index contributed by atoms with van der Waals surface area (Å²) in [5, 5.41) is 3.96. The topological polar surface area (TPSA) is 46.3 Å². The third-order valence-electron chi connectivity index (χ3n) is 4.03. The number of hydrogen-bond donors (Lipinski definition) is 0. The third-order valence-corrected chi connectivity index (χ3v) is 4.03. The zero-order valence-corrected chi connectivity index (χ0v) is 12.3. The SMILES string of the molecule is Fc1ccc2c(c1)CCN(c1cc(C(F)(F)F)nc3ncnn13)C2. The van der Waals surface area contributed by atoms with E-state index in [1.807, 2.05) is 0 Å². The number of alkyl halides is 3. The molecule has 0 saturated carbocycles. The molecule has 3 heterocycles. The van der Waals surface area contributed by atoms with E-state index in [0.717, 1.165) is 17.2 Å². The van der Waals surface area contributed by atoms with Gasteiger partial charge in [-0.05, 0) is 29.7 Å². The minimum absolute atomic E-state index is 0.107. The van der Waals surface area contributed by atoms with Crippen LogP contribution in [0.2, 0.25) is 0 Å². The highest BCUT2D eigenvalue weighted by Gasteiger charge is 2.35. The number of benzene rings is 1. The molecule has 0 saturated heterocycles. The van der Waals surface area contributed by atoms with Gasteiger partial charge in [0.1, 0.15) is 18.0 Å². The summed E-state index contributed by atoms with van der Waals surface area (Å²) < 4.78 is 53.8. The summed E-state index contributed by atoms with van der Waals surface area (Å²) in [6, 6.07) is 5.43. The fraction of sp³-hybridized carbons (Fsp3) is 0.267. The number of fused-ring (bicyclic) bond motifs is 2. The third kappa shape index (κ3) is 2.45. The molecular formula is C15H11F4N5. The molecule has 0 aliphatic carbocycles. The Balaban J connectivity index is 1.79. The van der Waals surface area contributed by atoms with Crippen LogP contribution in [0.3, 0.4) is 0 Å². The Labute approximate surface area is 133 Å². The number of rotatable bonds is 1. The van der Waals surface area contributed by atoms with Crippen LogP contribution in [-0.4, -0.2) is 26.1 Å². The zero-order chi connectivity index (χ0) is 16.9. The van der Waals surface area contributed by atoms with E-state index in [1.54, 1.807) is 11.0 Å². The molecule has 124 valence electrons. The molecule has 0 unspecified atom stereocenters. The first-order valence-corrected chi connectivity index (χ1v) is 7.22. The van der Waals surface area contributed by atoms with Gasteiger partial charge in [-0.3, -0.25) is 0 Å². The maximum atomic E-state index is 13.3. The van der Waals surface area contributed by atoms with E-state index < -0.39 is 11.9 Å². The largest absolute Gasteiger partial charge is 0.433 e. The Morgan fingerprint density at radius 3 is 2.71 bits per heavy atom. The molecule has 1 aromatic carbocycles. The Hall–Kier alpha value is -2.71. The molecule has 0 radical (unpaired) electrons. The van der Waals surface area contributed by atoms with Crippen LogP contribution in [0.25, 0.3) is 5.78 Å². The van der Waals surface area contributed by atoms with Crippen LogP contribution in [-0.2, 0) is 19.1 Å². The molecule has 9 heteroatoms. The van der Waals surface area contributed by atoms with Crippen LogP contribution >= 0.6 is 0 Å². The normalized spacial score (nSPS) is 14.9. The van der Waals surface area contributed by atoms with Gasteiger partial charge in [0.05, 0.1) is 0 Å². The fourth-order valence-electron chi connectivity index (χ4n) is 2.88. The van der Waals surface area contributed by atoms with E-state index >= 15 is 0 Å². The first-order valence-electron chi connectivity index (χ1n) is 7.22. The maximum absolute atomic E-state index is 13.3. The zero-order valence-electron chi connectivity index (χ0n) is 12.3. The van der Waals surface area contributed by atoms with Crippen molar-refractivity contribution in [3.63, 3.8) is 0 Å². The van der Waals surface area contributed by atoms with Crippen molar-refractivity contribution in [3.05, 3.63) is 53.2 Å². The van der Waals surface area contributed by atoms with E-state index in [1.165, 1.54) is 23.0 Å². The lowest BCUT2D eigenvalue weighted by molar-refractivity contribution is -0.141. The van der Waals surface area contributed by atoms with Gasteiger partial charge < -0.3 is 4.90 Å². The van der Waals surface area contributed by atoms with Gasteiger partial charge in [0.15, 0.2) is 5.69 Å². The summed E-state index contributed by atoms with van der Waals surface area (Å²) in [6.07, 6.45) is -2.87. The minimum atomic E-state index is -4.57. The highest BCUT2D eigenvalue weighted by Crippen LogP contribution is 2.32. The van der Waals surface area contributed by atoms with Gasteiger partial charge in [0.25, 0.3) is 5.78 Å². The van der Waals surface area contributed by atoms with Gasteiger partial charge in [0, 0.05) is 19.2 Å². The Morgan fingerprint density at radius 1 is 1.08 bits per heavy atom. The molecule has 0 N–H and O–H groups in total. The molecule has 0 atom stereocenters. The first-order chi connectivity index (χ1) is 11.4. The van der Waals surface area contributed by atoms with Gasteiger partial charge in [-0.15, -0.1) is 0 Å². The lowest BCUT2D eigenvalue weighted by Crippen LogP contribution is -2.32. The highest BCUT2D eigenvalue weighted by molar-refractivity contribution is 5.50. The summed E-state index contributed by atoms with van der Waals surface area (Å²) >= 11 is 0. The van der Waals surface area contributed by atoms with Crippen molar-refractivity contribution in [3.8, 4) is 0 Å². The Morgan fingerprint density at radius 2 is 1.92 bits per heavy atom. The van der Waals surface area contributed by atoms with E-state index in [9.17, 15) is 17.6 Å². The van der Waals surface area contributed by atoms with Crippen LogP contribution in [0, 0.1) is 5.82 Å². The molecule has 3 aromatic rings. The Kier molecular flexibility index (Phi) is 3.19. The van der Waals surface area contributed by atoms with E-state index in [4.69, 9.17) is 0 Å². The molecule has 1 aliphatic rings. The van der Waals surface area contributed by atoms with Crippen molar-refractivity contribution >= 4 is 11.6 Å². The summed E-state index contributed by atoms with van der Waals surface area (Å²) in [5.74, 6) is -0.159. The average molecular weight is 337 g/mol. The number of halogens is 4. The number of nitrogens with zero attached hydrogens (tertiary/aromatic N) is 5. The molecule has 24 heavy (non-hydrogen) atoms. The van der Waals surface area contributed by atoms with E-state index in [-0.39, 0.29) is 17.4 Å². The second-order valence-corrected chi connectivity index (χ2v) is 5.55. The quantitative estimate of drug-likeness (QED) is 0.641. The first kappa shape index (κ1) is 14.9. The monoisotopic (exact) mass is 337 g/mol. The average Bonchev–Trinajstić information content (AvgIpc) is 3.01. The summed E-state index contributed by atoms with van der Waals surface area (Å²) in [6.45, 7) is 0.818. The lowest BCUT2D eigenvalue weighted by atomic mass is 9.99. The maximum Gasteiger partial charge on any atom is 0.433 e. The molecule has 1 aliphatic heterocycles. The second kappa shape index (κ2) is 5.15. The molecule has 4 rings (SSSR count). The fourth-order valence-corrected chi connectivity index (χ4v) is 2.88. The molecule has 5 nitrogen and oxygen atoms in total. The summed E-state index contributed by atoms with van der Waals surface area (Å²) in [7, 11) is 0.